The van der Waals surface area contributed by atoms with E-state index >= 15 is 0 Å². The standard InChI is InChI=1S/C18H23ClN2OS/c1-4-5-8-11-21(13(2)3)18(22)16-12-20-17(23-16)14-9-6-7-10-15(14)19/h6-7,9-10,12-13H,4-5,8,11H2,1-3H3. The monoisotopic (exact) mass is 350 g/mol. The van der Waals surface area contributed by atoms with Crippen LogP contribution in [0.5, 0.6) is 0 Å². The van der Waals surface area contributed by atoms with Crippen molar-refractivity contribution in [3.63, 3.8) is 0 Å². The molecule has 1 heterocycles. The normalized spacial score (nSPS) is 11.0. The van der Waals surface area contributed by atoms with Crippen LogP contribution in [-0.4, -0.2) is 28.4 Å². The molecule has 0 saturated heterocycles. The topological polar surface area (TPSA) is 33.2 Å². The molecule has 0 saturated carbocycles. The van der Waals surface area contributed by atoms with E-state index in [1.807, 2.05) is 29.2 Å². The van der Waals surface area contributed by atoms with Crippen molar-refractivity contribution in [2.24, 2.45) is 0 Å². The summed E-state index contributed by atoms with van der Waals surface area (Å²) < 4.78 is 0. The van der Waals surface area contributed by atoms with Gasteiger partial charge in [0.25, 0.3) is 5.91 Å². The fourth-order valence-electron chi connectivity index (χ4n) is 2.40. The van der Waals surface area contributed by atoms with Gasteiger partial charge in [0.1, 0.15) is 9.88 Å². The zero-order chi connectivity index (χ0) is 16.8. The largest absolute Gasteiger partial charge is 0.335 e. The van der Waals surface area contributed by atoms with E-state index in [9.17, 15) is 4.79 Å². The van der Waals surface area contributed by atoms with Gasteiger partial charge in [-0.2, -0.15) is 0 Å². The van der Waals surface area contributed by atoms with Crippen molar-refractivity contribution < 1.29 is 4.79 Å². The molecule has 0 fully saturated rings. The van der Waals surface area contributed by atoms with Crippen LogP contribution < -0.4 is 0 Å². The molecule has 1 aromatic heterocycles. The Balaban J connectivity index is 2.17. The summed E-state index contributed by atoms with van der Waals surface area (Å²) in [7, 11) is 0. The first-order valence-corrected chi connectivity index (χ1v) is 9.25. The van der Waals surface area contributed by atoms with Crippen LogP contribution in [0.25, 0.3) is 10.6 Å². The molecule has 0 N–H and O–H groups in total. The number of rotatable bonds is 7. The highest BCUT2D eigenvalue weighted by atomic mass is 35.5. The fraction of sp³-hybridized carbons (Fsp3) is 0.444. The predicted molar refractivity (Wildman–Crippen MR) is 98.3 cm³/mol. The molecule has 1 aromatic carbocycles. The van der Waals surface area contributed by atoms with E-state index in [2.05, 4.69) is 25.8 Å². The maximum Gasteiger partial charge on any atom is 0.265 e. The van der Waals surface area contributed by atoms with Gasteiger partial charge >= 0.3 is 0 Å². The SMILES string of the molecule is CCCCCN(C(=O)c1cnc(-c2ccccc2Cl)s1)C(C)C. The highest BCUT2D eigenvalue weighted by molar-refractivity contribution is 7.17. The van der Waals surface area contributed by atoms with Gasteiger partial charge in [-0.05, 0) is 26.3 Å². The maximum absolute atomic E-state index is 12.8. The minimum Gasteiger partial charge on any atom is -0.335 e. The summed E-state index contributed by atoms with van der Waals surface area (Å²) in [6.45, 7) is 7.07. The van der Waals surface area contributed by atoms with Crippen molar-refractivity contribution in [1.29, 1.82) is 0 Å². The minimum atomic E-state index is 0.0620. The number of unbranched alkanes of at least 4 members (excludes halogenated alkanes) is 2. The lowest BCUT2D eigenvalue weighted by Gasteiger charge is -2.26. The molecule has 0 aliphatic heterocycles. The Morgan fingerprint density at radius 1 is 1.30 bits per heavy atom. The molecule has 0 radical (unpaired) electrons. The summed E-state index contributed by atoms with van der Waals surface area (Å²) in [5, 5.41) is 1.45. The van der Waals surface area contributed by atoms with Crippen LogP contribution in [0.4, 0.5) is 0 Å². The van der Waals surface area contributed by atoms with E-state index in [0.717, 1.165) is 36.4 Å². The molecule has 0 unspecified atom stereocenters. The Morgan fingerprint density at radius 2 is 2.04 bits per heavy atom. The van der Waals surface area contributed by atoms with Crippen LogP contribution in [0.2, 0.25) is 5.02 Å². The zero-order valence-corrected chi connectivity index (χ0v) is 15.5. The molecule has 5 heteroatoms. The number of halogens is 1. The molecule has 0 aliphatic rings. The number of hydrogen-bond donors (Lipinski definition) is 0. The van der Waals surface area contributed by atoms with E-state index in [1.54, 1.807) is 6.20 Å². The molecular weight excluding hydrogens is 328 g/mol. The van der Waals surface area contributed by atoms with Gasteiger partial charge in [0, 0.05) is 18.2 Å². The highest BCUT2D eigenvalue weighted by Gasteiger charge is 2.21. The minimum absolute atomic E-state index is 0.0620. The van der Waals surface area contributed by atoms with Crippen molar-refractivity contribution in [2.45, 2.75) is 46.1 Å². The highest BCUT2D eigenvalue weighted by Crippen LogP contribution is 2.31. The molecule has 2 rings (SSSR count). The first-order chi connectivity index (χ1) is 11.0. The van der Waals surface area contributed by atoms with Gasteiger partial charge in [0.2, 0.25) is 0 Å². The van der Waals surface area contributed by atoms with Gasteiger partial charge in [-0.15, -0.1) is 11.3 Å². The van der Waals surface area contributed by atoms with E-state index < -0.39 is 0 Å². The van der Waals surface area contributed by atoms with Crippen LogP contribution in [-0.2, 0) is 0 Å². The molecule has 124 valence electrons. The molecule has 0 bridgehead atoms. The predicted octanol–water partition coefficient (Wildman–Crippen LogP) is 5.50. The number of thiazole rings is 1. The third-order valence-electron chi connectivity index (χ3n) is 3.71. The smallest absolute Gasteiger partial charge is 0.265 e. The van der Waals surface area contributed by atoms with Crippen molar-refractivity contribution in [3.8, 4) is 10.6 Å². The van der Waals surface area contributed by atoms with Crippen LogP contribution in [0, 0.1) is 0 Å². The second-order valence-corrected chi connectivity index (χ2v) is 7.25. The quantitative estimate of drug-likeness (QED) is 0.617. The number of nitrogens with zero attached hydrogens (tertiary/aromatic N) is 2. The third kappa shape index (κ3) is 4.55. The van der Waals surface area contributed by atoms with E-state index in [4.69, 9.17) is 11.6 Å². The van der Waals surface area contributed by atoms with Crippen LogP contribution in [0.3, 0.4) is 0 Å². The van der Waals surface area contributed by atoms with Gasteiger partial charge < -0.3 is 4.90 Å². The molecule has 0 atom stereocenters. The van der Waals surface area contributed by atoms with Crippen molar-refractivity contribution >= 4 is 28.8 Å². The van der Waals surface area contributed by atoms with Crippen LogP contribution in [0.1, 0.15) is 49.7 Å². The average Bonchev–Trinajstić information content (AvgIpc) is 3.01. The Bertz CT molecular complexity index is 654. The van der Waals surface area contributed by atoms with Crippen molar-refractivity contribution in [3.05, 3.63) is 40.4 Å². The Labute approximate surface area is 147 Å². The van der Waals surface area contributed by atoms with Crippen molar-refractivity contribution in [1.82, 2.24) is 9.88 Å². The third-order valence-corrected chi connectivity index (χ3v) is 5.06. The Morgan fingerprint density at radius 3 is 2.70 bits per heavy atom. The lowest BCUT2D eigenvalue weighted by molar-refractivity contribution is 0.0707. The second-order valence-electron chi connectivity index (χ2n) is 5.81. The molecule has 1 amide bonds. The zero-order valence-electron chi connectivity index (χ0n) is 13.9. The average molecular weight is 351 g/mol. The van der Waals surface area contributed by atoms with Gasteiger partial charge in [0.05, 0.1) is 11.2 Å². The van der Waals surface area contributed by atoms with E-state index in [1.165, 1.54) is 11.3 Å². The lowest BCUT2D eigenvalue weighted by Crippen LogP contribution is -2.37. The molecule has 0 spiro atoms. The molecule has 3 nitrogen and oxygen atoms in total. The van der Waals surface area contributed by atoms with Crippen LogP contribution >= 0.6 is 22.9 Å². The molecule has 23 heavy (non-hydrogen) atoms. The van der Waals surface area contributed by atoms with Gasteiger partial charge in [-0.25, -0.2) is 4.98 Å². The molecular formula is C18H23ClN2OS. The number of amides is 1. The summed E-state index contributed by atoms with van der Waals surface area (Å²) in [6.07, 6.45) is 5.00. The summed E-state index contributed by atoms with van der Waals surface area (Å²) in [5.74, 6) is 0.0620. The number of carbonyl (C=O) groups excluding carboxylic acids is 1. The van der Waals surface area contributed by atoms with E-state index in [0.29, 0.717) is 9.90 Å². The fourth-order valence-corrected chi connectivity index (χ4v) is 3.59. The Hall–Kier alpha value is -1.39. The van der Waals surface area contributed by atoms with Gasteiger partial charge in [0.15, 0.2) is 0 Å². The number of aromatic nitrogens is 1. The summed E-state index contributed by atoms with van der Waals surface area (Å²) >= 11 is 7.62. The summed E-state index contributed by atoms with van der Waals surface area (Å²) in [4.78, 5) is 19.8. The molecule has 2 aromatic rings. The number of hydrogen-bond acceptors (Lipinski definition) is 3. The first kappa shape index (κ1) is 18.0. The van der Waals surface area contributed by atoms with Gasteiger partial charge in [-0.1, -0.05) is 49.6 Å². The molecule has 0 aliphatic carbocycles. The summed E-state index contributed by atoms with van der Waals surface area (Å²) in [5.41, 5.74) is 0.875. The number of carbonyl (C=O) groups is 1. The maximum atomic E-state index is 12.8. The Kier molecular flexibility index (Phi) is 6.60. The van der Waals surface area contributed by atoms with Crippen LogP contribution in [0.15, 0.2) is 30.5 Å². The first-order valence-electron chi connectivity index (χ1n) is 8.06. The van der Waals surface area contributed by atoms with E-state index in [-0.39, 0.29) is 11.9 Å². The second kappa shape index (κ2) is 8.46. The summed E-state index contributed by atoms with van der Waals surface area (Å²) in [6, 6.07) is 7.77. The number of benzene rings is 1. The van der Waals surface area contributed by atoms with Gasteiger partial charge in [-0.3, -0.25) is 4.79 Å². The van der Waals surface area contributed by atoms with Crippen molar-refractivity contribution in [2.75, 3.05) is 6.54 Å². The lowest BCUT2D eigenvalue weighted by atomic mass is 10.2.